The number of hydrogen-bond donors (Lipinski definition) is 2. The lowest BCUT2D eigenvalue weighted by Crippen LogP contribution is -2.42. The summed E-state index contributed by atoms with van der Waals surface area (Å²) in [5, 5.41) is 6.93. The Morgan fingerprint density at radius 1 is 1.35 bits per heavy atom. The van der Waals surface area contributed by atoms with Gasteiger partial charge in [-0.25, -0.2) is 4.98 Å². The number of guanidine groups is 1. The highest BCUT2D eigenvalue weighted by Gasteiger charge is 2.14. The summed E-state index contributed by atoms with van der Waals surface area (Å²) >= 11 is 0. The molecule has 1 aliphatic carbocycles. The lowest BCUT2D eigenvalue weighted by atomic mass is 9.85. The molecule has 23 heavy (non-hydrogen) atoms. The van der Waals surface area contributed by atoms with E-state index >= 15 is 0 Å². The SMILES string of the molecule is CN=C(NCCCn1ccnc1)NC(C)CCC1CCCCC1. The smallest absolute Gasteiger partial charge is 0.191 e. The quantitative estimate of drug-likeness (QED) is 0.439. The molecule has 1 heterocycles. The van der Waals surface area contributed by atoms with E-state index in [0.29, 0.717) is 6.04 Å². The van der Waals surface area contributed by atoms with Gasteiger partial charge in [0.15, 0.2) is 5.96 Å². The fraction of sp³-hybridized carbons (Fsp3) is 0.778. The van der Waals surface area contributed by atoms with Crippen LogP contribution < -0.4 is 10.6 Å². The van der Waals surface area contributed by atoms with E-state index in [1.807, 2.05) is 25.8 Å². The van der Waals surface area contributed by atoms with Crippen LogP contribution in [0.1, 0.15) is 58.3 Å². The molecule has 0 spiro atoms. The first-order chi connectivity index (χ1) is 11.3. The second-order valence-electron chi connectivity index (χ2n) is 6.78. The zero-order valence-electron chi connectivity index (χ0n) is 14.8. The molecule has 0 amide bonds. The predicted molar refractivity (Wildman–Crippen MR) is 96.6 cm³/mol. The molecule has 5 nitrogen and oxygen atoms in total. The number of nitrogens with zero attached hydrogens (tertiary/aromatic N) is 3. The van der Waals surface area contributed by atoms with Crippen molar-refractivity contribution in [3.8, 4) is 0 Å². The maximum absolute atomic E-state index is 4.33. The Labute approximate surface area is 141 Å². The molecular formula is C18H33N5. The molecule has 2 N–H and O–H groups in total. The fourth-order valence-corrected chi connectivity index (χ4v) is 3.35. The number of nitrogens with one attached hydrogen (secondary N) is 2. The van der Waals surface area contributed by atoms with Crippen LogP contribution in [0.4, 0.5) is 0 Å². The maximum atomic E-state index is 4.33. The molecule has 0 aliphatic heterocycles. The minimum absolute atomic E-state index is 0.483. The highest BCUT2D eigenvalue weighted by molar-refractivity contribution is 5.79. The second kappa shape index (κ2) is 10.3. The first-order valence-corrected chi connectivity index (χ1v) is 9.21. The lowest BCUT2D eigenvalue weighted by Gasteiger charge is -2.24. The molecule has 0 bridgehead atoms. The summed E-state index contributed by atoms with van der Waals surface area (Å²) in [6, 6.07) is 0.483. The summed E-state index contributed by atoms with van der Waals surface area (Å²) in [6.07, 6.45) is 16.5. The van der Waals surface area contributed by atoms with Crippen LogP contribution in [0.25, 0.3) is 0 Å². The van der Waals surface area contributed by atoms with Gasteiger partial charge in [-0.1, -0.05) is 32.1 Å². The van der Waals surface area contributed by atoms with Crippen molar-refractivity contribution < 1.29 is 0 Å². The van der Waals surface area contributed by atoms with Gasteiger partial charge in [0.2, 0.25) is 0 Å². The fourth-order valence-electron chi connectivity index (χ4n) is 3.35. The molecule has 1 aliphatic rings. The van der Waals surface area contributed by atoms with Gasteiger partial charge in [-0.15, -0.1) is 0 Å². The largest absolute Gasteiger partial charge is 0.356 e. The maximum Gasteiger partial charge on any atom is 0.191 e. The zero-order valence-corrected chi connectivity index (χ0v) is 14.8. The molecule has 1 saturated carbocycles. The molecule has 1 aromatic rings. The van der Waals surface area contributed by atoms with E-state index in [1.165, 1.54) is 44.9 Å². The lowest BCUT2D eigenvalue weighted by molar-refractivity contribution is 0.322. The summed E-state index contributed by atoms with van der Waals surface area (Å²) in [5.41, 5.74) is 0. The Balaban J connectivity index is 1.57. The van der Waals surface area contributed by atoms with Gasteiger partial charge in [-0.2, -0.15) is 0 Å². The van der Waals surface area contributed by atoms with Crippen molar-refractivity contribution >= 4 is 5.96 Å². The predicted octanol–water partition coefficient (Wildman–Crippen LogP) is 3.19. The van der Waals surface area contributed by atoms with Crippen molar-refractivity contribution in [3.05, 3.63) is 18.7 Å². The molecule has 1 aromatic heterocycles. The number of aryl methyl sites for hydroxylation is 1. The highest BCUT2D eigenvalue weighted by atomic mass is 15.2. The van der Waals surface area contributed by atoms with Crippen molar-refractivity contribution in [2.75, 3.05) is 13.6 Å². The summed E-state index contributed by atoms with van der Waals surface area (Å²) in [5.74, 6) is 1.88. The van der Waals surface area contributed by atoms with Crippen LogP contribution in [-0.2, 0) is 6.54 Å². The number of aliphatic imine (C=N–C) groups is 1. The van der Waals surface area contributed by atoms with Gasteiger partial charge in [-0.05, 0) is 32.1 Å². The molecule has 1 fully saturated rings. The first kappa shape index (κ1) is 17.8. The number of imidazole rings is 1. The van der Waals surface area contributed by atoms with E-state index in [1.54, 1.807) is 0 Å². The Bertz CT molecular complexity index is 434. The van der Waals surface area contributed by atoms with E-state index in [2.05, 4.69) is 32.1 Å². The molecule has 0 saturated heterocycles. The van der Waals surface area contributed by atoms with Crippen molar-refractivity contribution in [1.82, 2.24) is 20.2 Å². The van der Waals surface area contributed by atoms with Crippen LogP contribution in [0.5, 0.6) is 0 Å². The van der Waals surface area contributed by atoms with Crippen LogP contribution in [0.2, 0.25) is 0 Å². The summed E-state index contributed by atoms with van der Waals surface area (Å²) in [7, 11) is 1.85. The summed E-state index contributed by atoms with van der Waals surface area (Å²) < 4.78 is 2.10. The van der Waals surface area contributed by atoms with Crippen LogP contribution in [0.15, 0.2) is 23.7 Å². The van der Waals surface area contributed by atoms with Crippen molar-refractivity contribution in [3.63, 3.8) is 0 Å². The number of aromatic nitrogens is 2. The first-order valence-electron chi connectivity index (χ1n) is 9.21. The summed E-state index contributed by atoms with van der Waals surface area (Å²) in [6.45, 7) is 4.18. The van der Waals surface area contributed by atoms with Gasteiger partial charge in [0.05, 0.1) is 6.33 Å². The van der Waals surface area contributed by atoms with Crippen LogP contribution in [-0.4, -0.2) is 35.1 Å². The second-order valence-corrected chi connectivity index (χ2v) is 6.78. The zero-order chi connectivity index (χ0) is 16.3. The van der Waals surface area contributed by atoms with Crippen molar-refractivity contribution in [1.29, 1.82) is 0 Å². The van der Waals surface area contributed by atoms with Gasteiger partial charge in [0.25, 0.3) is 0 Å². The topological polar surface area (TPSA) is 54.2 Å². The average molecular weight is 319 g/mol. The van der Waals surface area contributed by atoms with Crippen molar-refractivity contribution in [2.45, 2.75) is 70.9 Å². The van der Waals surface area contributed by atoms with E-state index in [0.717, 1.165) is 31.4 Å². The van der Waals surface area contributed by atoms with Gasteiger partial charge in [0.1, 0.15) is 0 Å². The average Bonchev–Trinajstić information content (AvgIpc) is 3.10. The Kier molecular flexibility index (Phi) is 7.98. The number of hydrogen-bond acceptors (Lipinski definition) is 2. The monoisotopic (exact) mass is 319 g/mol. The van der Waals surface area contributed by atoms with E-state index < -0.39 is 0 Å². The van der Waals surface area contributed by atoms with Crippen LogP contribution >= 0.6 is 0 Å². The van der Waals surface area contributed by atoms with Crippen LogP contribution in [0.3, 0.4) is 0 Å². The third-order valence-corrected chi connectivity index (χ3v) is 4.78. The third-order valence-electron chi connectivity index (χ3n) is 4.78. The van der Waals surface area contributed by atoms with E-state index in [-0.39, 0.29) is 0 Å². The molecule has 1 unspecified atom stereocenters. The highest BCUT2D eigenvalue weighted by Crippen LogP contribution is 2.27. The molecule has 130 valence electrons. The van der Waals surface area contributed by atoms with Crippen molar-refractivity contribution in [2.24, 2.45) is 10.9 Å². The van der Waals surface area contributed by atoms with Crippen LogP contribution in [0, 0.1) is 5.92 Å². The standard InChI is InChI=1S/C18H33N5/c1-16(9-10-17-7-4-3-5-8-17)22-18(19-2)21-11-6-13-23-14-12-20-15-23/h12,14-17H,3-11,13H2,1-2H3,(H2,19,21,22). The number of rotatable bonds is 8. The van der Waals surface area contributed by atoms with Gasteiger partial charge in [0, 0.05) is 38.6 Å². The minimum atomic E-state index is 0.483. The minimum Gasteiger partial charge on any atom is -0.356 e. The summed E-state index contributed by atoms with van der Waals surface area (Å²) in [4.78, 5) is 8.39. The Hall–Kier alpha value is -1.52. The van der Waals surface area contributed by atoms with Gasteiger partial charge in [-0.3, -0.25) is 4.99 Å². The van der Waals surface area contributed by atoms with Gasteiger partial charge >= 0.3 is 0 Å². The molecule has 0 aromatic carbocycles. The van der Waals surface area contributed by atoms with Gasteiger partial charge < -0.3 is 15.2 Å². The molecule has 1 atom stereocenters. The van der Waals surface area contributed by atoms with E-state index in [4.69, 9.17) is 0 Å². The van der Waals surface area contributed by atoms with E-state index in [9.17, 15) is 0 Å². The molecular weight excluding hydrogens is 286 g/mol. The molecule has 2 rings (SSSR count). The third kappa shape index (κ3) is 7.06. The Morgan fingerprint density at radius 3 is 2.87 bits per heavy atom. The molecule has 5 heteroatoms. The Morgan fingerprint density at radius 2 is 2.17 bits per heavy atom. The normalized spacial score (nSPS) is 17.9. The molecule has 0 radical (unpaired) electrons.